The SMILES string of the molecule is CCOc1ccc(-n2c(C)cc(/C=C(\C#N)C(=O)OCC(=O)NCCC#N)c2C)cc1. The molecule has 0 spiro atoms. The highest BCUT2D eigenvalue weighted by molar-refractivity contribution is 5.99. The first kappa shape index (κ1) is 23.2. The van der Waals surface area contributed by atoms with Crippen LogP contribution in [-0.2, 0) is 14.3 Å². The molecule has 2 rings (SSSR count). The lowest BCUT2D eigenvalue weighted by atomic mass is 10.1. The van der Waals surface area contributed by atoms with Gasteiger partial charge in [-0.3, -0.25) is 4.79 Å². The molecule has 0 saturated carbocycles. The summed E-state index contributed by atoms with van der Waals surface area (Å²) in [4.78, 5) is 23.8. The van der Waals surface area contributed by atoms with E-state index in [0.29, 0.717) is 12.2 Å². The van der Waals surface area contributed by atoms with E-state index in [9.17, 15) is 14.9 Å². The van der Waals surface area contributed by atoms with Crippen LogP contribution in [0.4, 0.5) is 0 Å². The van der Waals surface area contributed by atoms with Gasteiger partial charge < -0.3 is 19.4 Å². The summed E-state index contributed by atoms with van der Waals surface area (Å²) in [6.07, 6.45) is 1.61. The second-order valence-electron chi connectivity index (χ2n) is 6.59. The molecule has 0 aliphatic rings. The summed E-state index contributed by atoms with van der Waals surface area (Å²) >= 11 is 0. The quantitative estimate of drug-likeness (QED) is 0.288. The average molecular weight is 420 g/mol. The molecule has 0 unspecified atom stereocenters. The number of esters is 1. The van der Waals surface area contributed by atoms with Gasteiger partial charge in [-0.1, -0.05) is 0 Å². The predicted molar refractivity (Wildman–Crippen MR) is 114 cm³/mol. The highest BCUT2D eigenvalue weighted by Gasteiger charge is 2.16. The van der Waals surface area contributed by atoms with E-state index in [1.54, 1.807) is 0 Å². The largest absolute Gasteiger partial charge is 0.494 e. The maximum absolute atomic E-state index is 12.2. The van der Waals surface area contributed by atoms with Gasteiger partial charge in [0.05, 0.1) is 19.1 Å². The highest BCUT2D eigenvalue weighted by atomic mass is 16.5. The lowest BCUT2D eigenvalue weighted by molar-refractivity contribution is -0.144. The molecule has 0 atom stereocenters. The van der Waals surface area contributed by atoms with Crippen molar-refractivity contribution in [1.29, 1.82) is 10.5 Å². The van der Waals surface area contributed by atoms with E-state index in [4.69, 9.17) is 14.7 Å². The molecular weight excluding hydrogens is 396 g/mol. The van der Waals surface area contributed by atoms with Gasteiger partial charge in [-0.15, -0.1) is 0 Å². The molecule has 0 aliphatic heterocycles. The summed E-state index contributed by atoms with van der Waals surface area (Å²) in [5, 5.41) is 20.3. The fraction of sp³-hybridized carbons (Fsp3) is 0.304. The summed E-state index contributed by atoms with van der Waals surface area (Å²) in [6, 6.07) is 13.2. The van der Waals surface area contributed by atoms with Crippen LogP contribution in [0, 0.1) is 36.5 Å². The summed E-state index contributed by atoms with van der Waals surface area (Å²) in [7, 11) is 0. The van der Waals surface area contributed by atoms with E-state index in [1.807, 2.05) is 67.8 Å². The summed E-state index contributed by atoms with van der Waals surface area (Å²) < 4.78 is 12.4. The molecule has 8 nitrogen and oxygen atoms in total. The Labute approximate surface area is 181 Å². The molecule has 0 bridgehead atoms. The summed E-state index contributed by atoms with van der Waals surface area (Å²) in [5.41, 5.74) is 3.18. The van der Waals surface area contributed by atoms with Gasteiger partial charge >= 0.3 is 5.97 Å². The zero-order valence-electron chi connectivity index (χ0n) is 17.8. The van der Waals surface area contributed by atoms with E-state index >= 15 is 0 Å². The van der Waals surface area contributed by atoms with Gasteiger partial charge in [0.1, 0.15) is 17.4 Å². The van der Waals surface area contributed by atoms with Gasteiger partial charge in [-0.05, 0) is 62.7 Å². The van der Waals surface area contributed by atoms with Crippen LogP contribution >= 0.6 is 0 Å². The van der Waals surface area contributed by atoms with Crippen molar-refractivity contribution < 1.29 is 19.1 Å². The molecule has 2 aromatic rings. The first-order chi connectivity index (χ1) is 14.9. The van der Waals surface area contributed by atoms with Crippen molar-refractivity contribution in [2.75, 3.05) is 19.8 Å². The molecule has 1 N–H and O–H groups in total. The Kier molecular flexibility index (Phi) is 8.41. The zero-order valence-corrected chi connectivity index (χ0v) is 17.8. The Balaban J connectivity index is 2.17. The lowest BCUT2D eigenvalue weighted by Crippen LogP contribution is -2.29. The third-order valence-corrected chi connectivity index (χ3v) is 4.41. The van der Waals surface area contributed by atoms with E-state index < -0.39 is 18.5 Å². The molecule has 160 valence electrons. The number of benzene rings is 1. The van der Waals surface area contributed by atoms with Crippen LogP contribution < -0.4 is 10.1 Å². The van der Waals surface area contributed by atoms with Gasteiger partial charge in [-0.25, -0.2) is 4.79 Å². The number of carbonyl (C=O) groups is 2. The Bertz CT molecular complexity index is 1050. The fourth-order valence-corrected chi connectivity index (χ4v) is 3.00. The van der Waals surface area contributed by atoms with Crippen LogP contribution in [0.15, 0.2) is 35.9 Å². The monoisotopic (exact) mass is 420 g/mol. The van der Waals surface area contributed by atoms with Gasteiger partial charge in [0, 0.05) is 23.6 Å². The number of nitriles is 2. The van der Waals surface area contributed by atoms with Crippen molar-refractivity contribution in [3.05, 3.63) is 52.9 Å². The molecule has 0 fully saturated rings. The molecule has 8 heteroatoms. The number of hydrogen-bond acceptors (Lipinski definition) is 6. The molecular formula is C23H24N4O4. The number of aromatic nitrogens is 1. The number of amides is 1. The molecule has 1 aromatic heterocycles. The normalized spacial score (nSPS) is 10.7. The first-order valence-corrected chi connectivity index (χ1v) is 9.76. The predicted octanol–water partition coefficient (Wildman–Crippen LogP) is 2.97. The van der Waals surface area contributed by atoms with Crippen molar-refractivity contribution in [2.24, 2.45) is 0 Å². The standard InChI is InChI=1S/C23H24N4O4/c1-4-30-21-8-6-20(7-9-21)27-16(2)12-18(17(27)3)13-19(14-25)23(29)31-15-22(28)26-11-5-10-24/h6-9,12-13H,4-5,11,15H2,1-3H3,(H,26,28)/b19-13+. The third-order valence-electron chi connectivity index (χ3n) is 4.41. The van der Waals surface area contributed by atoms with Crippen molar-refractivity contribution in [3.63, 3.8) is 0 Å². The molecule has 1 amide bonds. The summed E-state index contributed by atoms with van der Waals surface area (Å²) in [6.45, 7) is 5.98. The van der Waals surface area contributed by atoms with Gasteiger partial charge in [0.2, 0.25) is 0 Å². The summed E-state index contributed by atoms with van der Waals surface area (Å²) in [5.74, 6) is -0.640. The van der Waals surface area contributed by atoms with E-state index in [0.717, 1.165) is 22.8 Å². The molecule has 1 heterocycles. The maximum Gasteiger partial charge on any atom is 0.349 e. The second-order valence-corrected chi connectivity index (χ2v) is 6.59. The van der Waals surface area contributed by atoms with Crippen LogP contribution in [0.1, 0.15) is 30.3 Å². The molecule has 0 radical (unpaired) electrons. The van der Waals surface area contributed by atoms with Crippen molar-refractivity contribution >= 4 is 18.0 Å². The van der Waals surface area contributed by atoms with Gasteiger partial charge in [-0.2, -0.15) is 10.5 Å². The van der Waals surface area contributed by atoms with Crippen LogP contribution in [0.5, 0.6) is 5.75 Å². The number of nitrogens with zero attached hydrogens (tertiary/aromatic N) is 3. The number of hydrogen-bond donors (Lipinski definition) is 1. The Morgan fingerprint density at radius 2 is 1.90 bits per heavy atom. The van der Waals surface area contributed by atoms with E-state index in [-0.39, 0.29) is 18.5 Å². The van der Waals surface area contributed by atoms with Crippen LogP contribution in [0.2, 0.25) is 0 Å². The van der Waals surface area contributed by atoms with Gasteiger partial charge in [0.25, 0.3) is 5.91 Å². The average Bonchev–Trinajstić information content (AvgIpc) is 3.04. The number of nitrogens with one attached hydrogen (secondary N) is 1. The number of ether oxygens (including phenoxy) is 2. The minimum absolute atomic E-state index is 0.160. The van der Waals surface area contributed by atoms with Gasteiger partial charge in [0.15, 0.2) is 6.61 Å². The van der Waals surface area contributed by atoms with Crippen molar-refractivity contribution in [1.82, 2.24) is 9.88 Å². The van der Waals surface area contributed by atoms with E-state index in [2.05, 4.69) is 5.32 Å². The lowest BCUT2D eigenvalue weighted by Gasteiger charge is -2.11. The second kappa shape index (κ2) is 11.2. The van der Waals surface area contributed by atoms with E-state index in [1.165, 1.54) is 6.08 Å². The smallest absolute Gasteiger partial charge is 0.349 e. The first-order valence-electron chi connectivity index (χ1n) is 9.76. The topological polar surface area (TPSA) is 117 Å². The fourth-order valence-electron chi connectivity index (χ4n) is 3.00. The number of carbonyl (C=O) groups excluding carboxylic acids is 2. The third kappa shape index (κ3) is 6.22. The zero-order chi connectivity index (χ0) is 22.8. The van der Waals surface area contributed by atoms with Crippen LogP contribution in [0.25, 0.3) is 11.8 Å². The number of rotatable bonds is 9. The minimum atomic E-state index is -0.885. The maximum atomic E-state index is 12.2. The minimum Gasteiger partial charge on any atom is -0.494 e. The Morgan fingerprint density at radius 1 is 1.19 bits per heavy atom. The number of aryl methyl sites for hydroxylation is 1. The molecule has 0 saturated heterocycles. The van der Waals surface area contributed by atoms with Crippen LogP contribution in [0.3, 0.4) is 0 Å². The van der Waals surface area contributed by atoms with Crippen molar-refractivity contribution in [3.8, 4) is 23.6 Å². The van der Waals surface area contributed by atoms with Crippen molar-refractivity contribution in [2.45, 2.75) is 27.2 Å². The van der Waals surface area contributed by atoms with Crippen LogP contribution in [-0.4, -0.2) is 36.2 Å². The molecule has 1 aromatic carbocycles. The molecule has 31 heavy (non-hydrogen) atoms. The molecule has 0 aliphatic carbocycles. The highest BCUT2D eigenvalue weighted by Crippen LogP contribution is 2.24. The Hall–Kier alpha value is -4.04. The Morgan fingerprint density at radius 3 is 2.52 bits per heavy atom.